The molecule has 0 radical (unpaired) electrons. The van der Waals surface area contributed by atoms with Crippen molar-refractivity contribution in [2.45, 2.75) is 38.0 Å². The third kappa shape index (κ3) is 4.98. The number of hydrogen-bond donors (Lipinski definition) is 3. The summed E-state index contributed by atoms with van der Waals surface area (Å²) in [5.41, 5.74) is 11.7. The van der Waals surface area contributed by atoms with E-state index in [2.05, 4.69) is 41.8 Å². The van der Waals surface area contributed by atoms with Gasteiger partial charge in [0.2, 0.25) is 0 Å². The van der Waals surface area contributed by atoms with Gasteiger partial charge in [-0.25, -0.2) is 4.98 Å². The molecule has 5 N–H and O–H groups in total. The Labute approximate surface area is 180 Å². The van der Waals surface area contributed by atoms with Gasteiger partial charge in [-0.05, 0) is 56.8 Å². The molecule has 0 saturated heterocycles. The van der Waals surface area contributed by atoms with Gasteiger partial charge in [-0.3, -0.25) is 9.59 Å². The molecule has 1 aliphatic rings. The number of anilines is 1. The molecule has 1 saturated carbocycles. The molecule has 6 nitrogen and oxygen atoms in total. The van der Waals surface area contributed by atoms with Crippen LogP contribution in [0.4, 0.5) is 5.69 Å². The Morgan fingerprint density at radius 1 is 1.15 bits per heavy atom. The highest BCUT2D eigenvalue weighted by Gasteiger charge is 2.19. The van der Waals surface area contributed by atoms with Crippen LogP contribution in [0.1, 0.15) is 53.5 Å². The van der Waals surface area contributed by atoms with Crippen molar-refractivity contribution in [1.29, 1.82) is 0 Å². The average molecular weight is 534 g/mol. The van der Waals surface area contributed by atoms with Crippen LogP contribution in [0.2, 0.25) is 0 Å². The second kappa shape index (κ2) is 8.85. The number of carbonyl (C=O) groups is 1. The number of nitrogens with two attached hydrogens (primary N) is 2. The Bertz CT molecular complexity index is 1020. The number of nitrogens with zero attached hydrogens (tertiary/aromatic N) is 1. The SMILES string of the molecule is NC(=O)c1sc(Br)cc1N.O=c1[nH]c(C2CCCCC2)nc2cc(Br)sc12. The molecule has 1 amide bonds. The lowest BCUT2D eigenvalue weighted by Crippen LogP contribution is -2.15. The second-order valence-corrected chi connectivity index (χ2v) is 11.1. The molecule has 4 rings (SSSR count). The van der Waals surface area contributed by atoms with Crippen LogP contribution in [-0.4, -0.2) is 15.9 Å². The van der Waals surface area contributed by atoms with Crippen LogP contribution in [0, 0.1) is 0 Å². The van der Waals surface area contributed by atoms with Crippen molar-refractivity contribution in [3.8, 4) is 0 Å². The summed E-state index contributed by atoms with van der Waals surface area (Å²) < 4.78 is 2.50. The normalized spacial score (nSPS) is 14.7. The van der Waals surface area contributed by atoms with Crippen molar-refractivity contribution in [2.75, 3.05) is 5.73 Å². The summed E-state index contributed by atoms with van der Waals surface area (Å²) >= 11 is 9.27. The van der Waals surface area contributed by atoms with Crippen LogP contribution >= 0.6 is 54.5 Å². The summed E-state index contributed by atoms with van der Waals surface area (Å²) in [6, 6.07) is 3.59. The Morgan fingerprint density at radius 2 is 1.81 bits per heavy atom. The first-order chi connectivity index (χ1) is 12.8. The van der Waals surface area contributed by atoms with Crippen LogP contribution < -0.4 is 17.0 Å². The topological polar surface area (TPSA) is 115 Å². The van der Waals surface area contributed by atoms with E-state index in [-0.39, 0.29) is 5.56 Å². The summed E-state index contributed by atoms with van der Waals surface area (Å²) in [5, 5.41) is 0. The summed E-state index contributed by atoms with van der Waals surface area (Å²) in [4.78, 5) is 30.5. The number of thiophene rings is 2. The van der Waals surface area contributed by atoms with Crippen LogP contribution in [0.25, 0.3) is 10.2 Å². The minimum atomic E-state index is -0.479. The van der Waals surface area contributed by atoms with Gasteiger partial charge in [-0.2, -0.15) is 0 Å². The van der Waals surface area contributed by atoms with E-state index in [0.29, 0.717) is 16.5 Å². The maximum absolute atomic E-state index is 11.9. The average Bonchev–Trinajstić information content (AvgIpc) is 3.17. The standard InChI is InChI=1S/C12H13BrN2OS.C5H5BrN2OS/c13-9-6-8-10(17-9)12(16)15-11(14-8)7-4-2-1-3-5-7;6-3-1-2(7)4(10-3)5(8)9/h6-7H,1-5H2,(H,14,15,16);1H,7H2,(H2,8,9). The van der Waals surface area contributed by atoms with Gasteiger partial charge in [0.1, 0.15) is 15.4 Å². The van der Waals surface area contributed by atoms with Gasteiger partial charge in [0.15, 0.2) is 0 Å². The fraction of sp³-hybridized carbons (Fsp3) is 0.353. The van der Waals surface area contributed by atoms with E-state index in [4.69, 9.17) is 11.5 Å². The van der Waals surface area contributed by atoms with Crippen molar-refractivity contribution in [3.63, 3.8) is 0 Å². The molecule has 0 aliphatic heterocycles. The number of nitrogens with one attached hydrogen (secondary N) is 1. The minimum absolute atomic E-state index is 0.00581. The van der Waals surface area contributed by atoms with Crippen molar-refractivity contribution in [2.24, 2.45) is 5.73 Å². The number of nitrogen functional groups attached to an aromatic ring is 1. The quantitative estimate of drug-likeness (QED) is 0.430. The fourth-order valence-electron chi connectivity index (χ4n) is 3.06. The van der Waals surface area contributed by atoms with E-state index in [0.717, 1.165) is 36.5 Å². The molecular weight excluding hydrogens is 516 g/mol. The zero-order valence-corrected chi connectivity index (χ0v) is 19.1. The number of H-pyrrole nitrogens is 1. The van der Waals surface area contributed by atoms with E-state index in [1.165, 1.54) is 41.9 Å². The molecule has 0 bridgehead atoms. The van der Waals surface area contributed by atoms with Gasteiger partial charge in [0.05, 0.1) is 18.8 Å². The lowest BCUT2D eigenvalue weighted by Gasteiger charge is -2.20. The maximum Gasteiger partial charge on any atom is 0.268 e. The largest absolute Gasteiger partial charge is 0.397 e. The number of halogens is 2. The number of rotatable bonds is 2. The second-order valence-electron chi connectivity index (χ2n) is 6.25. The number of amides is 1. The molecule has 3 heterocycles. The molecule has 10 heteroatoms. The maximum atomic E-state index is 11.9. The molecule has 0 atom stereocenters. The number of fused-ring (bicyclic) bond motifs is 1. The molecule has 3 aromatic heterocycles. The monoisotopic (exact) mass is 532 g/mol. The lowest BCUT2D eigenvalue weighted by molar-refractivity contribution is 0.100. The highest BCUT2D eigenvalue weighted by molar-refractivity contribution is 9.11. The van der Waals surface area contributed by atoms with E-state index >= 15 is 0 Å². The molecule has 1 aliphatic carbocycles. The highest BCUT2D eigenvalue weighted by Crippen LogP contribution is 2.32. The van der Waals surface area contributed by atoms with Gasteiger partial charge >= 0.3 is 0 Å². The van der Waals surface area contributed by atoms with Crippen LogP contribution in [-0.2, 0) is 0 Å². The van der Waals surface area contributed by atoms with Crippen LogP contribution in [0.3, 0.4) is 0 Å². The van der Waals surface area contributed by atoms with Gasteiger partial charge in [-0.1, -0.05) is 19.3 Å². The number of hydrogen-bond acceptors (Lipinski definition) is 6. The Morgan fingerprint density at radius 3 is 2.37 bits per heavy atom. The summed E-state index contributed by atoms with van der Waals surface area (Å²) in [7, 11) is 0. The van der Waals surface area contributed by atoms with Gasteiger partial charge in [0, 0.05) is 5.92 Å². The zero-order valence-electron chi connectivity index (χ0n) is 14.3. The predicted octanol–water partition coefficient (Wildman–Crippen LogP) is 4.99. The molecular formula is C17H18Br2N4O2S2. The third-order valence-corrected chi connectivity index (χ3v) is 7.61. The Balaban J connectivity index is 0.000000180. The Kier molecular flexibility index (Phi) is 6.72. The van der Waals surface area contributed by atoms with E-state index < -0.39 is 5.91 Å². The van der Waals surface area contributed by atoms with Crippen molar-refractivity contribution >= 4 is 76.3 Å². The molecule has 1 fully saturated rings. The number of aromatic amines is 1. The summed E-state index contributed by atoms with van der Waals surface area (Å²) in [6.07, 6.45) is 6.12. The van der Waals surface area contributed by atoms with Crippen LogP contribution in [0.15, 0.2) is 24.5 Å². The van der Waals surface area contributed by atoms with Gasteiger partial charge < -0.3 is 16.5 Å². The van der Waals surface area contributed by atoms with E-state index in [9.17, 15) is 9.59 Å². The first-order valence-corrected chi connectivity index (χ1v) is 11.6. The van der Waals surface area contributed by atoms with Gasteiger partial charge in [-0.15, -0.1) is 22.7 Å². The molecule has 0 aromatic carbocycles. The minimum Gasteiger partial charge on any atom is -0.397 e. The van der Waals surface area contributed by atoms with E-state index in [1.54, 1.807) is 6.07 Å². The molecule has 0 spiro atoms. The van der Waals surface area contributed by atoms with Crippen molar-refractivity contribution in [3.05, 3.63) is 40.8 Å². The third-order valence-electron chi connectivity index (χ3n) is 4.32. The zero-order chi connectivity index (χ0) is 19.6. The molecule has 0 unspecified atom stereocenters. The van der Waals surface area contributed by atoms with Crippen LogP contribution in [0.5, 0.6) is 0 Å². The number of aromatic nitrogens is 2. The van der Waals surface area contributed by atoms with Crippen molar-refractivity contribution in [1.82, 2.24) is 9.97 Å². The molecule has 27 heavy (non-hydrogen) atoms. The highest BCUT2D eigenvalue weighted by atomic mass is 79.9. The summed E-state index contributed by atoms with van der Waals surface area (Å²) in [6.45, 7) is 0. The first kappa shape index (κ1) is 20.5. The lowest BCUT2D eigenvalue weighted by atomic mass is 9.89. The summed E-state index contributed by atoms with van der Waals surface area (Å²) in [5.74, 6) is 0.847. The first-order valence-electron chi connectivity index (χ1n) is 8.39. The number of primary amides is 1. The number of carbonyl (C=O) groups excluding carboxylic acids is 1. The smallest absolute Gasteiger partial charge is 0.268 e. The van der Waals surface area contributed by atoms with E-state index in [1.807, 2.05) is 6.07 Å². The predicted molar refractivity (Wildman–Crippen MR) is 119 cm³/mol. The molecule has 144 valence electrons. The fourth-order valence-corrected chi connectivity index (χ4v) is 5.88. The Hall–Kier alpha value is -1.23. The van der Waals surface area contributed by atoms with Crippen molar-refractivity contribution < 1.29 is 4.79 Å². The van der Waals surface area contributed by atoms with Gasteiger partial charge in [0.25, 0.3) is 11.5 Å². The molecule has 3 aromatic rings.